The number of ether oxygens (including phenoxy) is 2. The van der Waals surface area contributed by atoms with Gasteiger partial charge in [0.15, 0.2) is 6.29 Å². The second kappa shape index (κ2) is 5.41. The molecule has 1 heterocycles. The summed E-state index contributed by atoms with van der Waals surface area (Å²) in [5.41, 5.74) is 4.40. The molecule has 0 unspecified atom stereocenters. The molecule has 0 spiro atoms. The lowest BCUT2D eigenvalue weighted by molar-refractivity contribution is -0.0462. The summed E-state index contributed by atoms with van der Waals surface area (Å²) in [6.45, 7) is 10.4. The summed E-state index contributed by atoms with van der Waals surface area (Å²) >= 11 is 0. The van der Waals surface area contributed by atoms with Crippen LogP contribution >= 0.6 is 0 Å². The Hall–Kier alpha value is -0.860. The zero-order valence-electron chi connectivity index (χ0n) is 12.0. The van der Waals surface area contributed by atoms with Crippen molar-refractivity contribution in [3.8, 4) is 0 Å². The molecule has 1 aliphatic rings. The molecule has 2 rings (SSSR count). The van der Waals surface area contributed by atoms with Gasteiger partial charge in [-0.05, 0) is 35.4 Å². The molecule has 0 saturated carbocycles. The molecule has 1 aromatic rings. The van der Waals surface area contributed by atoms with Crippen molar-refractivity contribution >= 4 is 0 Å². The lowest BCUT2D eigenvalue weighted by atomic mass is 9.85. The highest BCUT2D eigenvalue weighted by Crippen LogP contribution is 2.25. The van der Waals surface area contributed by atoms with Crippen molar-refractivity contribution in [2.45, 2.75) is 52.2 Å². The van der Waals surface area contributed by atoms with Crippen LogP contribution in [-0.4, -0.2) is 19.5 Å². The van der Waals surface area contributed by atoms with Crippen LogP contribution in [0.1, 0.15) is 43.9 Å². The number of hydrogen-bond acceptors (Lipinski definition) is 2. The van der Waals surface area contributed by atoms with E-state index in [0.29, 0.717) is 0 Å². The Morgan fingerprint density at radius 3 is 2.39 bits per heavy atom. The van der Waals surface area contributed by atoms with Gasteiger partial charge in [0.1, 0.15) is 0 Å². The first-order chi connectivity index (χ1) is 8.47. The maximum atomic E-state index is 5.47. The Kier molecular flexibility index (Phi) is 4.08. The molecule has 0 bridgehead atoms. The summed E-state index contributed by atoms with van der Waals surface area (Å²) < 4.78 is 10.9. The Labute approximate surface area is 110 Å². The third-order valence-corrected chi connectivity index (χ3v) is 3.55. The molecule has 0 aromatic heterocycles. The van der Waals surface area contributed by atoms with Crippen molar-refractivity contribution in [2.75, 3.05) is 13.2 Å². The minimum absolute atomic E-state index is 0.00620. The first kappa shape index (κ1) is 13.6. The maximum Gasteiger partial charge on any atom is 0.158 e. The topological polar surface area (TPSA) is 18.5 Å². The van der Waals surface area contributed by atoms with E-state index in [9.17, 15) is 0 Å². The highest BCUT2D eigenvalue weighted by molar-refractivity contribution is 5.34. The molecule has 2 nitrogen and oxygen atoms in total. The highest BCUT2D eigenvalue weighted by atomic mass is 16.7. The molecule has 0 amide bonds. The monoisotopic (exact) mass is 248 g/mol. The van der Waals surface area contributed by atoms with Gasteiger partial charge in [-0.2, -0.15) is 0 Å². The van der Waals surface area contributed by atoms with Gasteiger partial charge in [-0.1, -0.05) is 39.0 Å². The molecule has 100 valence electrons. The molecule has 1 aromatic carbocycles. The zero-order chi connectivity index (χ0) is 13.2. The zero-order valence-corrected chi connectivity index (χ0v) is 12.0. The first-order valence-electron chi connectivity index (χ1n) is 6.80. The molecule has 2 heteroatoms. The molecule has 1 saturated heterocycles. The second-order valence-electron chi connectivity index (χ2n) is 6.10. The normalized spacial score (nSPS) is 17.3. The van der Waals surface area contributed by atoms with Crippen LogP contribution in [0.15, 0.2) is 18.2 Å². The van der Waals surface area contributed by atoms with Gasteiger partial charge >= 0.3 is 0 Å². The van der Waals surface area contributed by atoms with Crippen molar-refractivity contribution in [2.24, 2.45) is 0 Å². The predicted molar refractivity (Wildman–Crippen MR) is 73.9 cm³/mol. The fraction of sp³-hybridized carbons (Fsp3) is 0.625. The van der Waals surface area contributed by atoms with Gasteiger partial charge in [0.05, 0.1) is 13.2 Å². The van der Waals surface area contributed by atoms with Gasteiger partial charge in [0.25, 0.3) is 0 Å². The summed E-state index contributed by atoms with van der Waals surface area (Å²) in [6.07, 6.45) is 1.99. The molecule has 0 atom stereocenters. The van der Waals surface area contributed by atoms with Gasteiger partial charge in [0.2, 0.25) is 0 Å². The fourth-order valence-corrected chi connectivity index (χ4v) is 2.29. The number of aryl methyl sites for hydroxylation is 2. The van der Waals surface area contributed by atoms with Crippen LogP contribution in [0.4, 0.5) is 0 Å². The van der Waals surface area contributed by atoms with Crippen molar-refractivity contribution in [1.29, 1.82) is 0 Å². The van der Waals surface area contributed by atoms with Crippen LogP contribution in [0.2, 0.25) is 0 Å². The average Bonchev–Trinajstić information content (AvgIpc) is 2.79. The lowest BCUT2D eigenvalue weighted by Gasteiger charge is -2.21. The molecule has 0 radical (unpaired) electrons. The Balaban J connectivity index is 2.01. The van der Waals surface area contributed by atoms with Crippen LogP contribution in [0, 0.1) is 6.92 Å². The molecule has 18 heavy (non-hydrogen) atoms. The van der Waals surface area contributed by atoms with Crippen molar-refractivity contribution < 1.29 is 9.47 Å². The van der Waals surface area contributed by atoms with E-state index < -0.39 is 0 Å². The summed E-state index contributed by atoms with van der Waals surface area (Å²) in [5.74, 6) is 0. The van der Waals surface area contributed by atoms with Gasteiger partial charge in [-0.15, -0.1) is 0 Å². The quantitative estimate of drug-likeness (QED) is 0.813. The van der Waals surface area contributed by atoms with Crippen LogP contribution in [-0.2, 0) is 21.3 Å². The number of benzene rings is 1. The minimum Gasteiger partial charge on any atom is -0.350 e. The number of rotatable bonds is 3. The summed E-state index contributed by atoms with van der Waals surface area (Å²) in [6, 6.07) is 6.81. The second-order valence-corrected chi connectivity index (χ2v) is 6.10. The van der Waals surface area contributed by atoms with Crippen LogP contribution in [0.3, 0.4) is 0 Å². The minimum atomic E-state index is 0.00620. The third-order valence-electron chi connectivity index (χ3n) is 3.55. The molecule has 1 fully saturated rings. The van der Waals surface area contributed by atoms with Gasteiger partial charge in [-0.25, -0.2) is 0 Å². The average molecular weight is 248 g/mol. The van der Waals surface area contributed by atoms with Crippen molar-refractivity contribution in [3.63, 3.8) is 0 Å². The van der Waals surface area contributed by atoms with E-state index in [-0.39, 0.29) is 11.7 Å². The van der Waals surface area contributed by atoms with Crippen molar-refractivity contribution in [3.05, 3.63) is 34.9 Å². The van der Waals surface area contributed by atoms with Crippen LogP contribution in [0.5, 0.6) is 0 Å². The number of hydrogen-bond donors (Lipinski definition) is 0. The smallest absolute Gasteiger partial charge is 0.158 e. The highest BCUT2D eigenvalue weighted by Gasteiger charge is 2.17. The molecular weight excluding hydrogens is 224 g/mol. The summed E-state index contributed by atoms with van der Waals surface area (Å²) in [7, 11) is 0. The molecule has 0 aliphatic carbocycles. The summed E-state index contributed by atoms with van der Waals surface area (Å²) in [4.78, 5) is 0. The first-order valence-corrected chi connectivity index (χ1v) is 6.80. The maximum absolute atomic E-state index is 5.47. The Morgan fingerprint density at radius 2 is 1.83 bits per heavy atom. The largest absolute Gasteiger partial charge is 0.350 e. The Morgan fingerprint density at radius 1 is 1.17 bits per heavy atom. The van der Waals surface area contributed by atoms with Gasteiger partial charge < -0.3 is 9.47 Å². The van der Waals surface area contributed by atoms with Crippen LogP contribution in [0.25, 0.3) is 0 Å². The van der Waals surface area contributed by atoms with E-state index in [1.807, 2.05) is 0 Å². The van der Waals surface area contributed by atoms with E-state index >= 15 is 0 Å². The van der Waals surface area contributed by atoms with Crippen molar-refractivity contribution in [1.82, 2.24) is 0 Å². The Bertz CT molecular complexity index is 398. The van der Waals surface area contributed by atoms with E-state index in [0.717, 1.165) is 26.1 Å². The van der Waals surface area contributed by atoms with Gasteiger partial charge in [0, 0.05) is 6.42 Å². The van der Waals surface area contributed by atoms with E-state index in [2.05, 4.69) is 45.9 Å². The van der Waals surface area contributed by atoms with E-state index in [4.69, 9.17) is 9.47 Å². The lowest BCUT2D eigenvalue weighted by Crippen LogP contribution is -2.12. The molecule has 1 aliphatic heterocycles. The molecular formula is C16H24O2. The van der Waals surface area contributed by atoms with E-state index in [1.165, 1.54) is 16.7 Å². The SMILES string of the molecule is Cc1cc(C(C)(C)C)ccc1CCC1OCCO1. The summed E-state index contributed by atoms with van der Waals surface area (Å²) in [5, 5.41) is 0. The predicted octanol–water partition coefficient (Wildman–Crippen LogP) is 3.60. The third kappa shape index (κ3) is 3.33. The standard InChI is InChI=1S/C16H24O2/c1-12-11-14(16(2,3)4)7-5-13(12)6-8-15-17-9-10-18-15/h5,7,11,15H,6,8-10H2,1-4H3. The van der Waals surface area contributed by atoms with Gasteiger partial charge in [-0.3, -0.25) is 0 Å². The molecule has 0 N–H and O–H groups in total. The van der Waals surface area contributed by atoms with Crippen LogP contribution < -0.4 is 0 Å². The van der Waals surface area contributed by atoms with E-state index in [1.54, 1.807) is 0 Å². The fourth-order valence-electron chi connectivity index (χ4n) is 2.29.